The zero-order valence-corrected chi connectivity index (χ0v) is 9.28. The molecule has 2 atom stereocenters. The number of rotatable bonds is 3. The first kappa shape index (κ1) is 10.4. The van der Waals surface area contributed by atoms with Crippen molar-refractivity contribution in [2.75, 3.05) is 6.61 Å². The van der Waals surface area contributed by atoms with Crippen molar-refractivity contribution in [3.8, 4) is 0 Å². The summed E-state index contributed by atoms with van der Waals surface area (Å²) in [4.78, 5) is 0. The van der Waals surface area contributed by atoms with Gasteiger partial charge in [0.1, 0.15) is 0 Å². The van der Waals surface area contributed by atoms with E-state index in [9.17, 15) is 0 Å². The minimum Gasteiger partial charge on any atom is -0.373 e. The minimum atomic E-state index is 0.373. The molecule has 1 nitrogen and oxygen atoms in total. The number of ether oxygens (including phenoxy) is 1. The number of hydrogen-bond donors (Lipinski definition) is 0. The van der Waals surface area contributed by atoms with E-state index in [1.54, 1.807) is 0 Å². The van der Waals surface area contributed by atoms with Gasteiger partial charge in [0.05, 0.1) is 12.7 Å². The van der Waals surface area contributed by atoms with Crippen LogP contribution in [-0.4, -0.2) is 12.7 Å². The molecule has 1 fully saturated rings. The Morgan fingerprint density at radius 3 is 2.67 bits per heavy atom. The molecule has 0 N–H and O–H groups in total. The second-order valence-corrected chi connectivity index (χ2v) is 4.32. The fraction of sp³-hybridized carbons (Fsp3) is 0.429. The molecule has 1 aliphatic rings. The monoisotopic (exact) mass is 202 g/mol. The molecule has 0 aliphatic carbocycles. The average molecular weight is 202 g/mol. The lowest BCUT2D eigenvalue weighted by Crippen LogP contribution is -2.14. The second-order valence-electron chi connectivity index (χ2n) is 4.32. The highest BCUT2D eigenvalue weighted by Gasteiger charge is 2.26. The van der Waals surface area contributed by atoms with Crippen molar-refractivity contribution in [3.63, 3.8) is 0 Å². The predicted molar refractivity (Wildman–Crippen MR) is 62.8 cm³/mol. The molecule has 0 aromatic heterocycles. The Morgan fingerprint density at radius 2 is 2.07 bits per heavy atom. The molecule has 1 aromatic carbocycles. The lowest BCUT2D eigenvalue weighted by atomic mass is 9.95. The van der Waals surface area contributed by atoms with Crippen molar-refractivity contribution < 1.29 is 4.74 Å². The molecule has 15 heavy (non-hydrogen) atoms. The average Bonchev–Trinajstić information content (AvgIpc) is 2.59. The van der Waals surface area contributed by atoms with Crippen LogP contribution in [0.4, 0.5) is 0 Å². The Labute approximate surface area is 91.8 Å². The normalized spacial score (nSPS) is 25.8. The van der Waals surface area contributed by atoms with E-state index in [4.69, 9.17) is 4.74 Å². The van der Waals surface area contributed by atoms with E-state index >= 15 is 0 Å². The molecule has 0 radical (unpaired) electrons. The highest BCUT2D eigenvalue weighted by Crippen LogP contribution is 2.27. The number of hydrogen-bond acceptors (Lipinski definition) is 1. The van der Waals surface area contributed by atoms with Gasteiger partial charge in [0.15, 0.2) is 0 Å². The summed E-state index contributed by atoms with van der Waals surface area (Å²) < 4.78 is 5.70. The van der Waals surface area contributed by atoms with Gasteiger partial charge in [0, 0.05) is 5.92 Å². The Balaban J connectivity index is 1.87. The number of aryl methyl sites for hydroxylation is 1. The molecule has 80 valence electrons. The Bertz CT molecular complexity index is 328. The molecule has 1 saturated heterocycles. The molecule has 0 amide bonds. The van der Waals surface area contributed by atoms with E-state index in [1.165, 1.54) is 11.1 Å². The maximum Gasteiger partial charge on any atom is 0.0681 e. The number of benzene rings is 1. The van der Waals surface area contributed by atoms with Crippen LogP contribution in [0, 0.1) is 5.92 Å². The largest absolute Gasteiger partial charge is 0.373 e. The molecule has 2 rings (SSSR count). The molecule has 1 aromatic rings. The summed E-state index contributed by atoms with van der Waals surface area (Å²) in [6.45, 7) is 6.98. The summed E-state index contributed by atoms with van der Waals surface area (Å²) in [5, 5.41) is 0. The molecule has 1 aliphatic heterocycles. The molecule has 0 bridgehead atoms. The molecule has 1 heterocycles. The van der Waals surface area contributed by atoms with Gasteiger partial charge in [-0.05, 0) is 24.0 Å². The third-order valence-corrected chi connectivity index (χ3v) is 3.24. The summed E-state index contributed by atoms with van der Waals surface area (Å²) in [7, 11) is 0. The molecule has 1 heteroatoms. The second kappa shape index (κ2) is 4.63. The molecule has 0 unspecified atom stereocenters. The van der Waals surface area contributed by atoms with Crippen LogP contribution in [0.25, 0.3) is 0 Å². The van der Waals surface area contributed by atoms with Gasteiger partial charge in [-0.1, -0.05) is 43.8 Å². The van der Waals surface area contributed by atoms with Gasteiger partial charge >= 0.3 is 0 Å². The van der Waals surface area contributed by atoms with Gasteiger partial charge in [0.2, 0.25) is 0 Å². The Hall–Kier alpha value is -1.08. The van der Waals surface area contributed by atoms with Crippen LogP contribution >= 0.6 is 0 Å². The standard InChI is InChI=1S/C14H18O/c1-11-10-15-14(12(11)2)9-8-13-6-4-3-5-7-13/h3-7,12,14H,1,8-10H2,2H3/t12-,14+/m0/s1. The third-order valence-electron chi connectivity index (χ3n) is 3.24. The molecule has 0 spiro atoms. The Kier molecular flexibility index (Phi) is 3.22. The van der Waals surface area contributed by atoms with Crippen molar-refractivity contribution in [3.05, 3.63) is 48.0 Å². The summed E-state index contributed by atoms with van der Waals surface area (Å²) >= 11 is 0. The fourth-order valence-corrected chi connectivity index (χ4v) is 2.04. The maximum absolute atomic E-state index is 5.70. The molecular formula is C14H18O. The summed E-state index contributed by atoms with van der Waals surface area (Å²) in [6, 6.07) is 10.6. The topological polar surface area (TPSA) is 9.23 Å². The van der Waals surface area contributed by atoms with Gasteiger partial charge < -0.3 is 4.74 Å². The summed E-state index contributed by atoms with van der Waals surface area (Å²) in [6.07, 6.45) is 2.57. The van der Waals surface area contributed by atoms with Crippen LogP contribution in [-0.2, 0) is 11.2 Å². The van der Waals surface area contributed by atoms with Gasteiger partial charge in [-0.2, -0.15) is 0 Å². The van der Waals surface area contributed by atoms with Crippen molar-refractivity contribution in [1.29, 1.82) is 0 Å². The van der Waals surface area contributed by atoms with Crippen LogP contribution in [0.1, 0.15) is 18.9 Å². The lowest BCUT2D eigenvalue weighted by molar-refractivity contribution is 0.0878. The van der Waals surface area contributed by atoms with Crippen LogP contribution in [0.5, 0.6) is 0 Å². The van der Waals surface area contributed by atoms with Crippen molar-refractivity contribution in [2.45, 2.75) is 25.9 Å². The SMILES string of the molecule is C=C1CO[C@H](CCc2ccccc2)[C@H]1C. The van der Waals surface area contributed by atoms with Crippen LogP contribution < -0.4 is 0 Å². The first-order chi connectivity index (χ1) is 7.27. The third kappa shape index (κ3) is 2.48. The Morgan fingerprint density at radius 1 is 1.33 bits per heavy atom. The first-order valence-electron chi connectivity index (χ1n) is 5.60. The van der Waals surface area contributed by atoms with Crippen molar-refractivity contribution in [1.82, 2.24) is 0 Å². The molecular weight excluding hydrogens is 184 g/mol. The van der Waals surface area contributed by atoms with E-state index in [0.29, 0.717) is 12.0 Å². The highest BCUT2D eigenvalue weighted by atomic mass is 16.5. The van der Waals surface area contributed by atoms with Gasteiger partial charge in [-0.25, -0.2) is 0 Å². The van der Waals surface area contributed by atoms with Crippen molar-refractivity contribution in [2.24, 2.45) is 5.92 Å². The zero-order valence-electron chi connectivity index (χ0n) is 9.28. The van der Waals surface area contributed by atoms with E-state index in [1.807, 2.05) is 0 Å². The van der Waals surface area contributed by atoms with Crippen LogP contribution in [0.15, 0.2) is 42.5 Å². The maximum atomic E-state index is 5.70. The minimum absolute atomic E-state index is 0.373. The fourth-order valence-electron chi connectivity index (χ4n) is 2.04. The van der Waals surface area contributed by atoms with E-state index in [0.717, 1.165) is 19.4 Å². The molecule has 0 saturated carbocycles. The van der Waals surface area contributed by atoms with Gasteiger partial charge in [-0.15, -0.1) is 0 Å². The first-order valence-corrected chi connectivity index (χ1v) is 5.60. The van der Waals surface area contributed by atoms with Gasteiger partial charge in [0.25, 0.3) is 0 Å². The predicted octanol–water partition coefficient (Wildman–Crippen LogP) is 3.21. The lowest BCUT2D eigenvalue weighted by Gasteiger charge is -2.14. The van der Waals surface area contributed by atoms with Crippen LogP contribution in [0.2, 0.25) is 0 Å². The quantitative estimate of drug-likeness (QED) is 0.684. The van der Waals surface area contributed by atoms with Crippen LogP contribution in [0.3, 0.4) is 0 Å². The highest BCUT2D eigenvalue weighted by molar-refractivity contribution is 5.15. The van der Waals surface area contributed by atoms with Crippen molar-refractivity contribution >= 4 is 0 Å². The van der Waals surface area contributed by atoms with E-state index in [-0.39, 0.29) is 0 Å². The van der Waals surface area contributed by atoms with E-state index < -0.39 is 0 Å². The zero-order chi connectivity index (χ0) is 10.7. The summed E-state index contributed by atoms with van der Waals surface area (Å²) in [5.74, 6) is 0.522. The van der Waals surface area contributed by atoms with E-state index in [2.05, 4.69) is 43.8 Å². The smallest absolute Gasteiger partial charge is 0.0681 e. The van der Waals surface area contributed by atoms with Gasteiger partial charge in [-0.3, -0.25) is 0 Å². The summed E-state index contributed by atoms with van der Waals surface area (Å²) in [5.41, 5.74) is 2.64.